The average molecular weight is 235 g/mol. The maximum Gasteiger partial charge on any atom is 0.213 e. The summed E-state index contributed by atoms with van der Waals surface area (Å²) in [7, 11) is 1.52. The van der Waals surface area contributed by atoms with Gasteiger partial charge in [0.15, 0.2) is 17.3 Å². The molecule has 1 heterocycles. The highest BCUT2D eigenvalue weighted by Gasteiger charge is 2.07. The number of hydrogen-bond acceptors (Lipinski definition) is 6. The molecule has 0 unspecified atom stereocenters. The Balaban J connectivity index is 1.95. The Morgan fingerprint density at radius 2 is 2.29 bits per heavy atom. The van der Waals surface area contributed by atoms with Crippen LogP contribution in [0, 0.1) is 0 Å². The Morgan fingerprint density at radius 3 is 3.00 bits per heavy atom. The number of nitrogens with one attached hydrogen (secondary N) is 1. The van der Waals surface area contributed by atoms with Crippen molar-refractivity contribution in [1.82, 2.24) is 15.5 Å². The van der Waals surface area contributed by atoms with E-state index in [0.29, 0.717) is 24.7 Å². The molecule has 6 heteroatoms. The van der Waals surface area contributed by atoms with Crippen molar-refractivity contribution in [2.75, 3.05) is 7.11 Å². The van der Waals surface area contributed by atoms with Gasteiger partial charge in [-0.1, -0.05) is 17.3 Å². The summed E-state index contributed by atoms with van der Waals surface area (Å²) in [5.74, 6) is 1.19. The Bertz CT molecular complexity index is 471. The lowest BCUT2D eigenvalue weighted by Gasteiger charge is -2.08. The topological polar surface area (TPSA) is 80.4 Å². The number of methoxy groups -OCH3 is 1. The van der Waals surface area contributed by atoms with E-state index in [2.05, 4.69) is 20.0 Å². The van der Waals surface area contributed by atoms with E-state index < -0.39 is 0 Å². The Labute approximate surface area is 98.2 Å². The zero-order valence-corrected chi connectivity index (χ0v) is 9.38. The van der Waals surface area contributed by atoms with Gasteiger partial charge in [-0.2, -0.15) is 4.98 Å². The highest BCUT2D eigenvalue weighted by Crippen LogP contribution is 2.29. The fourth-order valence-corrected chi connectivity index (χ4v) is 1.45. The second-order valence-electron chi connectivity index (χ2n) is 3.42. The molecule has 0 aliphatic rings. The van der Waals surface area contributed by atoms with E-state index in [1.54, 1.807) is 6.07 Å². The fourth-order valence-electron chi connectivity index (χ4n) is 1.45. The summed E-state index contributed by atoms with van der Waals surface area (Å²) in [5, 5.41) is 16.6. The third-order valence-corrected chi connectivity index (χ3v) is 2.31. The first-order chi connectivity index (χ1) is 8.31. The smallest absolute Gasteiger partial charge is 0.213 e. The predicted octanol–water partition coefficient (Wildman–Crippen LogP) is 1.07. The van der Waals surface area contributed by atoms with Crippen molar-refractivity contribution >= 4 is 0 Å². The van der Waals surface area contributed by atoms with Crippen molar-refractivity contribution in [3.8, 4) is 11.5 Å². The van der Waals surface area contributed by atoms with Crippen LogP contribution in [0.4, 0.5) is 0 Å². The molecule has 0 aliphatic heterocycles. The third kappa shape index (κ3) is 2.73. The minimum atomic E-state index is 0.149. The van der Waals surface area contributed by atoms with E-state index in [1.165, 1.54) is 13.5 Å². The van der Waals surface area contributed by atoms with Gasteiger partial charge < -0.3 is 19.7 Å². The molecular weight excluding hydrogens is 222 g/mol. The van der Waals surface area contributed by atoms with Crippen LogP contribution in [-0.4, -0.2) is 22.4 Å². The predicted molar refractivity (Wildman–Crippen MR) is 59.5 cm³/mol. The molecule has 0 amide bonds. The first kappa shape index (κ1) is 11.4. The van der Waals surface area contributed by atoms with Crippen LogP contribution in [0.5, 0.6) is 11.5 Å². The molecule has 0 saturated heterocycles. The molecule has 0 atom stereocenters. The molecule has 1 aromatic heterocycles. The number of phenolic OH excluding ortho intramolecular Hbond substituents is 1. The summed E-state index contributed by atoms with van der Waals surface area (Å²) < 4.78 is 9.63. The summed E-state index contributed by atoms with van der Waals surface area (Å²) in [5.41, 5.74) is 0.757. The third-order valence-electron chi connectivity index (χ3n) is 2.31. The monoisotopic (exact) mass is 235 g/mol. The van der Waals surface area contributed by atoms with E-state index in [-0.39, 0.29) is 5.75 Å². The lowest BCUT2D eigenvalue weighted by Crippen LogP contribution is -2.13. The standard InChI is InChI=1S/C11H13N3O3/c1-16-9-4-2-3-8(11(9)15)5-12-6-10-13-7-17-14-10/h2-4,7,12,15H,5-6H2,1H3. The van der Waals surface area contributed by atoms with Crippen LogP contribution in [0.1, 0.15) is 11.4 Å². The van der Waals surface area contributed by atoms with Crippen LogP contribution >= 0.6 is 0 Å². The Hall–Kier alpha value is -2.08. The number of rotatable bonds is 5. The number of nitrogens with zero attached hydrogens (tertiary/aromatic N) is 2. The SMILES string of the molecule is COc1cccc(CNCc2ncon2)c1O. The minimum absolute atomic E-state index is 0.149. The van der Waals surface area contributed by atoms with Gasteiger partial charge in [-0.3, -0.25) is 0 Å². The lowest BCUT2D eigenvalue weighted by atomic mass is 10.2. The van der Waals surface area contributed by atoms with Gasteiger partial charge in [-0.05, 0) is 6.07 Å². The number of ether oxygens (including phenoxy) is 1. The van der Waals surface area contributed by atoms with E-state index in [0.717, 1.165) is 5.56 Å². The second kappa shape index (κ2) is 5.31. The van der Waals surface area contributed by atoms with Crippen molar-refractivity contribution in [2.45, 2.75) is 13.1 Å². The highest BCUT2D eigenvalue weighted by molar-refractivity contribution is 5.45. The van der Waals surface area contributed by atoms with Gasteiger partial charge in [-0.25, -0.2) is 0 Å². The van der Waals surface area contributed by atoms with Crippen LogP contribution in [0.3, 0.4) is 0 Å². The van der Waals surface area contributed by atoms with E-state index in [4.69, 9.17) is 4.74 Å². The van der Waals surface area contributed by atoms with Gasteiger partial charge in [0, 0.05) is 12.1 Å². The van der Waals surface area contributed by atoms with Gasteiger partial charge in [0.2, 0.25) is 6.39 Å². The maximum absolute atomic E-state index is 9.83. The highest BCUT2D eigenvalue weighted by atomic mass is 16.5. The molecule has 0 radical (unpaired) electrons. The molecule has 0 fully saturated rings. The first-order valence-electron chi connectivity index (χ1n) is 5.12. The molecule has 2 aromatic rings. The number of phenols is 1. The number of benzene rings is 1. The van der Waals surface area contributed by atoms with Gasteiger partial charge in [-0.15, -0.1) is 0 Å². The average Bonchev–Trinajstić information content (AvgIpc) is 2.84. The quantitative estimate of drug-likeness (QED) is 0.807. The number of aromatic nitrogens is 2. The van der Waals surface area contributed by atoms with Crippen LogP contribution < -0.4 is 10.1 Å². The molecule has 6 nitrogen and oxygen atoms in total. The van der Waals surface area contributed by atoms with Gasteiger partial charge >= 0.3 is 0 Å². The van der Waals surface area contributed by atoms with E-state index in [1.807, 2.05) is 12.1 Å². The minimum Gasteiger partial charge on any atom is -0.504 e. The number of hydrogen-bond donors (Lipinski definition) is 2. The van der Waals surface area contributed by atoms with Crippen molar-refractivity contribution in [2.24, 2.45) is 0 Å². The molecule has 2 rings (SSSR count). The zero-order chi connectivity index (χ0) is 12.1. The largest absolute Gasteiger partial charge is 0.504 e. The van der Waals surface area contributed by atoms with E-state index in [9.17, 15) is 5.11 Å². The summed E-state index contributed by atoms with van der Waals surface area (Å²) in [6.07, 6.45) is 1.28. The molecule has 17 heavy (non-hydrogen) atoms. The normalized spacial score (nSPS) is 10.4. The van der Waals surface area contributed by atoms with Gasteiger partial charge in [0.25, 0.3) is 0 Å². The molecule has 0 aliphatic carbocycles. The maximum atomic E-state index is 9.83. The molecule has 0 spiro atoms. The molecular formula is C11H13N3O3. The van der Waals surface area contributed by atoms with Crippen LogP contribution in [0.15, 0.2) is 29.1 Å². The first-order valence-corrected chi connectivity index (χ1v) is 5.12. The van der Waals surface area contributed by atoms with Crippen molar-refractivity contribution in [1.29, 1.82) is 0 Å². The molecule has 1 aromatic carbocycles. The van der Waals surface area contributed by atoms with Crippen LogP contribution in [0.2, 0.25) is 0 Å². The summed E-state index contributed by atoms with van der Waals surface area (Å²) in [6.45, 7) is 0.977. The van der Waals surface area contributed by atoms with Crippen molar-refractivity contribution in [3.05, 3.63) is 36.0 Å². The Morgan fingerprint density at radius 1 is 1.41 bits per heavy atom. The molecule has 0 bridgehead atoms. The summed E-state index contributed by atoms with van der Waals surface area (Å²) in [6, 6.07) is 5.35. The number of aromatic hydroxyl groups is 1. The van der Waals surface area contributed by atoms with Gasteiger partial charge in [0.05, 0.1) is 13.7 Å². The van der Waals surface area contributed by atoms with Crippen molar-refractivity contribution < 1.29 is 14.4 Å². The second-order valence-corrected chi connectivity index (χ2v) is 3.42. The molecule has 0 saturated carbocycles. The van der Waals surface area contributed by atoms with Crippen LogP contribution in [0.25, 0.3) is 0 Å². The number of para-hydroxylation sites is 1. The van der Waals surface area contributed by atoms with Crippen molar-refractivity contribution in [3.63, 3.8) is 0 Å². The lowest BCUT2D eigenvalue weighted by molar-refractivity contribution is 0.369. The van der Waals surface area contributed by atoms with Crippen LogP contribution in [-0.2, 0) is 13.1 Å². The van der Waals surface area contributed by atoms with Gasteiger partial charge in [0.1, 0.15) is 0 Å². The zero-order valence-electron chi connectivity index (χ0n) is 9.38. The summed E-state index contributed by atoms with van der Waals surface area (Å²) >= 11 is 0. The molecule has 90 valence electrons. The fraction of sp³-hybridized carbons (Fsp3) is 0.273. The summed E-state index contributed by atoms with van der Waals surface area (Å²) in [4.78, 5) is 3.88. The molecule has 2 N–H and O–H groups in total. The Kier molecular flexibility index (Phi) is 3.56. The van der Waals surface area contributed by atoms with E-state index >= 15 is 0 Å².